The predicted octanol–water partition coefficient (Wildman–Crippen LogP) is 6.83. The highest BCUT2D eigenvalue weighted by Crippen LogP contribution is 2.41. The Morgan fingerprint density at radius 3 is 2.23 bits per heavy atom. The van der Waals surface area contributed by atoms with Gasteiger partial charge in [-0.15, -0.1) is 23.5 Å². The molecule has 31 heavy (non-hydrogen) atoms. The van der Waals surface area contributed by atoms with Crippen LogP contribution in [-0.2, 0) is 6.61 Å². The zero-order chi connectivity index (χ0) is 22.1. The van der Waals surface area contributed by atoms with Crippen LogP contribution in [0.4, 0.5) is 5.69 Å². The first-order chi connectivity index (χ1) is 15.2. The number of hydrogen-bond acceptors (Lipinski definition) is 5. The molecule has 1 amide bonds. The molecule has 0 unspecified atom stereocenters. The second kappa shape index (κ2) is 11.3. The fraction of sp³-hybridized carbons (Fsp3) is 0.125. The van der Waals surface area contributed by atoms with Crippen molar-refractivity contribution in [2.45, 2.75) is 6.61 Å². The van der Waals surface area contributed by atoms with Crippen molar-refractivity contribution >= 4 is 39.5 Å². The van der Waals surface area contributed by atoms with E-state index in [1.807, 2.05) is 61.0 Å². The number of thioether (sulfide) groups is 2. The zero-order valence-corrected chi connectivity index (χ0v) is 18.7. The molecule has 0 saturated carbocycles. The SMILES string of the molecule is [C-]#[N+]c1ccc(OCc2ccccc2)c(C(=O)N=C(SC)SC)c1Oc1ccccc1. The van der Waals surface area contributed by atoms with E-state index in [1.54, 1.807) is 24.3 Å². The van der Waals surface area contributed by atoms with Crippen LogP contribution < -0.4 is 9.47 Å². The molecule has 0 fully saturated rings. The molecule has 3 aromatic rings. The molecule has 3 rings (SSSR count). The van der Waals surface area contributed by atoms with Crippen molar-refractivity contribution in [2.75, 3.05) is 12.5 Å². The predicted molar refractivity (Wildman–Crippen MR) is 129 cm³/mol. The second-order valence-electron chi connectivity index (χ2n) is 6.18. The lowest BCUT2D eigenvalue weighted by atomic mass is 10.1. The molecule has 7 heteroatoms. The molecule has 0 aliphatic carbocycles. The Bertz CT molecular complexity index is 1100. The standard InChI is InChI=1S/C24H20N2O3S2/c1-25-19-14-15-20(28-16-17-10-6-4-7-11-17)21(23(27)26-24(30-2)31-3)22(19)29-18-12-8-5-9-13-18/h4-15H,16H2,2-3H3. The Labute approximate surface area is 190 Å². The Kier molecular flexibility index (Phi) is 8.16. The van der Waals surface area contributed by atoms with Gasteiger partial charge in [0.25, 0.3) is 5.91 Å². The van der Waals surface area contributed by atoms with Crippen LogP contribution in [0.2, 0.25) is 0 Å². The number of amides is 1. The van der Waals surface area contributed by atoms with Crippen molar-refractivity contribution in [1.82, 2.24) is 0 Å². The summed E-state index contributed by atoms with van der Waals surface area (Å²) < 4.78 is 12.6. The minimum Gasteiger partial charge on any atom is -0.488 e. The fourth-order valence-electron chi connectivity index (χ4n) is 2.72. The van der Waals surface area contributed by atoms with Gasteiger partial charge in [-0.1, -0.05) is 48.5 Å². The average molecular weight is 449 g/mol. The number of ether oxygens (including phenoxy) is 2. The van der Waals surface area contributed by atoms with E-state index >= 15 is 0 Å². The summed E-state index contributed by atoms with van der Waals surface area (Å²) in [5.74, 6) is 0.457. The molecule has 0 aliphatic rings. The maximum absolute atomic E-state index is 13.2. The molecule has 0 N–H and O–H groups in total. The lowest BCUT2D eigenvalue weighted by molar-refractivity contribution is 0.0997. The van der Waals surface area contributed by atoms with Crippen molar-refractivity contribution in [3.8, 4) is 17.2 Å². The van der Waals surface area contributed by atoms with Gasteiger partial charge in [-0.05, 0) is 42.3 Å². The Hall–Kier alpha value is -3.21. The van der Waals surface area contributed by atoms with Crippen molar-refractivity contribution in [1.29, 1.82) is 0 Å². The van der Waals surface area contributed by atoms with Crippen LogP contribution in [-0.4, -0.2) is 22.8 Å². The Morgan fingerprint density at radius 2 is 1.61 bits per heavy atom. The molecule has 156 valence electrons. The molecule has 0 radical (unpaired) electrons. The molecular formula is C24H20N2O3S2. The second-order valence-corrected chi connectivity index (χ2v) is 8.03. The number of para-hydroxylation sites is 1. The third kappa shape index (κ3) is 5.91. The van der Waals surface area contributed by atoms with Crippen molar-refractivity contribution < 1.29 is 14.3 Å². The van der Waals surface area contributed by atoms with Gasteiger partial charge in [0.1, 0.15) is 28.0 Å². The van der Waals surface area contributed by atoms with E-state index in [1.165, 1.54) is 23.5 Å². The topological polar surface area (TPSA) is 52.2 Å². The molecule has 0 bridgehead atoms. The summed E-state index contributed by atoms with van der Waals surface area (Å²) in [6, 6.07) is 21.9. The van der Waals surface area contributed by atoms with E-state index in [4.69, 9.17) is 16.0 Å². The van der Waals surface area contributed by atoms with E-state index in [9.17, 15) is 4.79 Å². The van der Waals surface area contributed by atoms with E-state index in [0.29, 0.717) is 15.9 Å². The average Bonchev–Trinajstić information content (AvgIpc) is 2.82. The highest BCUT2D eigenvalue weighted by Gasteiger charge is 2.24. The summed E-state index contributed by atoms with van der Waals surface area (Å²) in [4.78, 5) is 21.0. The highest BCUT2D eigenvalue weighted by molar-refractivity contribution is 8.38. The van der Waals surface area contributed by atoms with Crippen LogP contribution in [0, 0.1) is 6.57 Å². The molecule has 0 saturated heterocycles. The summed E-state index contributed by atoms with van der Waals surface area (Å²) >= 11 is 2.76. The summed E-state index contributed by atoms with van der Waals surface area (Å²) in [7, 11) is 0. The number of nitrogens with zero attached hydrogens (tertiary/aromatic N) is 2. The van der Waals surface area contributed by atoms with Gasteiger partial charge < -0.3 is 9.47 Å². The number of aliphatic imine (C=N–C) groups is 1. The van der Waals surface area contributed by atoms with Crippen LogP contribution in [0.25, 0.3) is 4.85 Å². The zero-order valence-electron chi connectivity index (χ0n) is 17.1. The minimum absolute atomic E-state index is 0.133. The fourth-order valence-corrected chi connectivity index (χ4v) is 3.74. The summed E-state index contributed by atoms with van der Waals surface area (Å²) in [6.07, 6.45) is 3.71. The van der Waals surface area contributed by atoms with Crippen molar-refractivity contribution in [2.24, 2.45) is 4.99 Å². The van der Waals surface area contributed by atoms with E-state index < -0.39 is 5.91 Å². The number of carbonyl (C=O) groups excluding carboxylic acids is 1. The van der Waals surface area contributed by atoms with Gasteiger partial charge in [-0.25, -0.2) is 4.85 Å². The quantitative estimate of drug-likeness (QED) is 0.235. The number of carbonyl (C=O) groups is 1. The summed E-state index contributed by atoms with van der Waals surface area (Å²) in [5.41, 5.74) is 1.30. The van der Waals surface area contributed by atoms with Gasteiger partial charge >= 0.3 is 0 Å². The summed E-state index contributed by atoms with van der Waals surface area (Å²) in [5, 5.41) is 0. The third-order valence-electron chi connectivity index (χ3n) is 4.18. The van der Waals surface area contributed by atoms with Crippen LogP contribution in [0.15, 0.2) is 77.8 Å². The highest BCUT2D eigenvalue weighted by atomic mass is 32.2. The third-order valence-corrected chi connectivity index (χ3v) is 6.06. The first-order valence-corrected chi connectivity index (χ1v) is 11.8. The smallest absolute Gasteiger partial charge is 0.284 e. The monoisotopic (exact) mass is 448 g/mol. The lowest BCUT2D eigenvalue weighted by Gasteiger charge is -2.16. The molecule has 0 spiro atoms. The van der Waals surface area contributed by atoms with Crippen LogP contribution >= 0.6 is 23.5 Å². The molecule has 3 aromatic carbocycles. The molecule has 5 nitrogen and oxygen atoms in total. The number of hydrogen-bond donors (Lipinski definition) is 0. The molecule has 0 aromatic heterocycles. The number of benzene rings is 3. The Morgan fingerprint density at radius 1 is 0.968 bits per heavy atom. The molecule has 0 aliphatic heterocycles. The molecule has 0 atom stereocenters. The Balaban J connectivity index is 2.08. The van der Waals surface area contributed by atoms with Crippen LogP contribution in [0.5, 0.6) is 17.2 Å². The van der Waals surface area contributed by atoms with Gasteiger partial charge in [-0.2, -0.15) is 4.99 Å². The normalized spacial score (nSPS) is 10.1. The van der Waals surface area contributed by atoms with Gasteiger partial charge in [0.15, 0.2) is 5.75 Å². The molecular weight excluding hydrogens is 428 g/mol. The van der Waals surface area contributed by atoms with Gasteiger partial charge in [-0.3, -0.25) is 4.79 Å². The van der Waals surface area contributed by atoms with Crippen molar-refractivity contribution in [3.63, 3.8) is 0 Å². The first-order valence-electron chi connectivity index (χ1n) is 9.31. The van der Waals surface area contributed by atoms with E-state index in [-0.39, 0.29) is 23.6 Å². The lowest BCUT2D eigenvalue weighted by Crippen LogP contribution is -2.06. The van der Waals surface area contributed by atoms with Crippen LogP contribution in [0.1, 0.15) is 15.9 Å². The molecule has 0 heterocycles. The van der Waals surface area contributed by atoms with Gasteiger partial charge in [0.05, 0.1) is 6.57 Å². The van der Waals surface area contributed by atoms with E-state index in [2.05, 4.69) is 9.84 Å². The maximum Gasteiger partial charge on any atom is 0.284 e. The largest absolute Gasteiger partial charge is 0.488 e. The number of rotatable bonds is 6. The van der Waals surface area contributed by atoms with Gasteiger partial charge in [0.2, 0.25) is 5.69 Å². The van der Waals surface area contributed by atoms with Crippen molar-refractivity contribution in [3.05, 3.63) is 95.3 Å². The maximum atomic E-state index is 13.2. The van der Waals surface area contributed by atoms with Gasteiger partial charge in [0, 0.05) is 0 Å². The van der Waals surface area contributed by atoms with E-state index in [0.717, 1.165) is 5.56 Å². The minimum atomic E-state index is -0.516. The first kappa shape index (κ1) is 22.5. The van der Waals surface area contributed by atoms with Crippen LogP contribution in [0.3, 0.4) is 0 Å². The summed E-state index contributed by atoms with van der Waals surface area (Å²) in [6.45, 7) is 7.83.